The number of nitro benzene ring substituents is 1. The number of non-ortho nitro benzene ring substituents is 1. The van der Waals surface area contributed by atoms with E-state index in [0.717, 1.165) is 17.4 Å². The Morgan fingerprint density at radius 1 is 1.44 bits per heavy atom. The highest BCUT2D eigenvalue weighted by Gasteiger charge is 2.23. The summed E-state index contributed by atoms with van der Waals surface area (Å²) in [6.07, 6.45) is 0. The number of ether oxygens (including phenoxy) is 1. The van der Waals surface area contributed by atoms with Crippen LogP contribution in [-0.4, -0.2) is 23.4 Å². The quantitative estimate of drug-likeness (QED) is 0.496. The van der Waals surface area contributed by atoms with Crippen LogP contribution in [0.15, 0.2) is 24.3 Å². The van der Waals surface area contributed by atoms with Gasteiger partial charge in [0.05, 0.1) is 17.1 Å². The summed E-state index contributed by atoms with van der Waals surface area (Å²) in [6.45, 7) is 3.44. The third kappa shape index (κ3) is 3.81. The number of rotatable bonds is 5. The summed E-state index contributed by atoms with van der Waals surface area (Å²) in [4.78, 5) is 34.7. The number of amides is 1. The van der Waals surface area contributed by atoms with Crippen LogP contribution >= 0.6 is 11.3 Å². The molecule has 1 N–H and O–H groups in total. The minimum Gasteiger partial charge on any atom is -0.462 e. The van der Waals surface area contributed by atoms with Crippen molar-refractivity contribution in [3.63, 3.8) is 0 Å². The molecule has 0 aliphatic carbocycles. The molecule has 1 aromatic heterocycles. The number of benzene rings is 1. The van der Waals surface area contributed by atoms with Crippen LogP contribution in [0.5, 0.6) is 0 Å². The number of nitriles is 1. The lowest BCUT2D eigenvalue weighted by Gasteiger charge is -2.03. The average molecular weight is 359 g/mol. The molecule has 0 saturated carbocycles. The maximum atomic E-state index is 12.3. The van der Waals surface area contributed by atoms with Crippen molar-refractivity contribution in [2.75, 3.05) is 11.9 Å². The predicted octanol–water partition coefficient (Wildman–Crippen LogP) is 3.27. The van der Waals surface area contributed by atoms with Gasteiger partial charge >= 0.3 is 5.97 Å². The second-order valence-electron chi connectivity index (χ2n) is 4.85. The molecule has 1 aromatic carbocycles. The van der Waals surface area contributed by atoms with Crippen LogP contribution in [0.2, 0.25) is 0 Å². The van der Waals surface area contributed by atoms with Gasteiger partial charge in [-0.15, -0.1) is 11.3 Å². The van der Waals surface area contributed by atoms with Crippen LogP contribution in [0.4, 0.5) is 10.7 Å². The van der Waals surface area contributed by atoms with Crippen LogP contribution in [0.25, 0.3) is 0 Å². The monoisotopic (exact) mass is 359 g/mol. The van der Waals surface area contributed by atoms with E-state index in [2.05, 4.69) is 5.32 Å². The normalized spacial score (nSPS) is 9.96. The van der Waals surface area contributed by atoms with E-state index < -0.39 is 16.8 Å². The van der Waals surface area contributed by atoms with Gasteiger partial charge in [0.15, 0.2) is 0 Å². The van der Waals surface area contributed by atoms with E-state index in [4.69, 9.17) is 4.74 Å². The molecule has 8 nitrogen and oxygen atoms in total. The zero-order valence-electron chi connectivity index (χ0n) is 13.4. The molecule has 128 valence electrons. The number of carbonyl (C=O) groups excluding carboxylic acids is 2. The third-order valence-electron chi connectivity index (χ3n) is 3.27. The fourth-order valence-corrected chi connectivity index (χ4v) is 3.11. The van der Waals surface area contributed by atoms with E-state index >= 15 is 0 Å². The smallest absolute Gasteiger partial charge is 0.348 e. The molecule has 0 spiro atoms. The maximum Gasteiger partial charge on any atom is 0.348 e. The molecule has 2 rings (SSSR count). The first-order chi connectivity index (χ1) is 11.9. The minimum atomic E-state index is -0.614. The number of nitro groups is 1. The van der Waals surface area contributed by atoms with Crippen LogP contribution in [0.1, 0.15) is 38.1 Å². The molecule has 0 aliphatic heterocycles. The molecule has 0 unspecified atom stereocenters. The van der Waals surface area contributed by atoms with E-state index in [1.807, 2.05) is 6.07 Å². The van der Waals surface area contributed by atoms with E-state index in [-0.39, 0.29) is 33.3 Å². The van der Waals surface area contributed by atoms with Crippen LogP contribution in [0.3, 0.4) is 0 Å². The summed E-state index contributed by atoms with van der Waals surface area (Å²) in [5.74, 6) is -1.19. The summed E-state index contributed by atoms with van der Waals surface area (Å²) < 4.78 is 4.93. The van der Waals surface area contributed by atoms with Crippen molar-refractivity contribution in [3.8, 4) is 6.07 Å². The zero-order valence-corrected chi connectivity index (χ0v) is 14.2. The number of nitrogens with one attached hydrogen (secondary N) is 1. The Balaban J connectivity index is 2.34. The molecule has 9 heteroatoms. The number of thiophene rings is 1. The van der Waals surface area contributed by atoms with Gasteiger partial charge in [0, 0.05) is 17.7 Å². The van der Waals surface area contributed by atoms with Crippen molar-refractivity contribution < 1.29 is 19.2 Å². The van der Waals surface area contributed by atoms with Crippen molar-refractivity contribution in [3.05, 3.63) is 55.9 Å². The average Bonchev–Trinajstić information content (AvgIpc) is 2.90. The minimum absolute atomic E-state index is 0.0711. The molecule has 1 heterocycles. The summed E-state index contributed by atoms with van der Waals surface area (Å²) >= 11 is 0.929. The largest absolute Gasteiger partial charge is 0.462 e. The first kappa shape index (κ1) is 18.1. The van der Waals surface area contributed by atoms with E-state index in [0.29, 0.717) is 5.56 Å². The number of hydrogen-bond donors (Lipinski definition) is 1. The highest BCUT2D eigenvalue weighted by Crippen LogP contribution is 2.33. The fourth-order valence-electron chi connectivity index (χ4n) is 2.06. The van der Waals surface area contributed by atoms with E-state index in [9.17, 15) is 25.0 Å². The molecule has 0 radical (unpaired) electrons. The van der Waals surface area contributed by atoms with Crippen molar-refractivity contribution in [2.45, 2.75) is 13.8 Å². The standard InChI is InChI=1S/C16H13N3O5S/c1-3-24-16(21)13-9(2)12(8-17)15(25-13)18-14(20)10-5-4-6-11(7-10)19(22)23/h4-7H,3H2,1-2H3,(H,18,20). The van der Waals surface area contributed by atoms with Gasteiger partial charge in [-0.25, -0.2) is 4.79 Å². The lowest BCUT2D eigenvalue weighted by atomic mass is 10.1. The number of nitrogens with zero attached hydrogens (tertiary/aromatic N) is 2. The van der Waals surface area contributed by atoms with Crippen molar-refractivity contribution in [2.24, 2.45) is 0 Å². The van der Waals surface area contributed by atoms with Gasteiger partial charge in [-0.05, 0) is 25.5 Å². The highest BCUT2D eigenvalue weighted by molar-refractivity contribution is 7.18. The molecule has 1 amide bonds. The molecule has 2 aromatic rings. The van der Waals surface area contributed by atoms with Gasteiger partial charge in [-0.2, -0.15) is 5.26 Å². The van der Waals surface area contributed by atoms with Gasteiger partial charge < -0.3 is 10.1 Å². The van der Waals surface area contributed by atoms with E-state index in [1.165, 1.54) is 18.2 Å². The molecule has 0 saturated heterocycles. The second kappa shape index (κ2) is 7.55. The molecule has 0 fully saturated rings. The second-order valence-corrected chi connectivity index (χ2v) is 5.87. The van der Waals surface area contributed by atoms with Crippen molar-refractivity contribution in [1.29, 1.82) is 5.26 Å². The Bertz CT molecular complexity index is 898. The Morgan fingerprint density at radius 3 is 2.76 bits per heavy atom. The molecule has 0 bridgehead atoms. The maximum absolute atomic E-state index is 12.3. The topological polar surface area (TPSA) is 122 Å². The fraction of sp³-hybridized carbons (Fsp3) is 0.188. The number of carbonyl (C=O) groups is 2. The number of hydrogen-bond acceptors (Lipinski definition) is 7. The van der Waals surface area contributed by atoms with Gasteiger partial charge in [-0.1, -0.05) is 6.07 Å². The van der Waals surface area contributed by atoms with Gasteiger partial charge in [0.1, 0.15) is 15.9 Å². The Hall–Kier alpha value is -3.25. The zero-order chi connectivity index (χ0) is 18.6. The molecule has 0 atom stereocenters. The molecular weight excluding hydrogens is 346 g/mol. The Labute approximate surface area is 146 Å². The highest BCUT2D eigenvalue weighted by atomic mass is 32.1. The summed E-state index contributed by atoms with van der Waals surface area (Å²) in [5, 5.41) is 22.8. The van der Waals surface area contributed by atoms with Gasteiger partial charge in [0.25, 0.3) is 11.6 Å². The SMILES string of the molecule is CCOC(=O)c1sc(NC(=O)c2cccc([N+](=O)[O-])c2)c(C#N)c1C. The van der Waals surface area contributed by atoms with Crippen molar-refractivity contribution >= 4 is 33.9 Å². The van der Waals surface area contributed by atoms with Crippen molar-refractivity contribution in [1.82, 2.24) is 0 Å². The van der Waals surface area contributed by atoms with Crippen LogP contribution in [-0.2, 0) is 4.74 Å². The molecular formula is C16H13N3O5S. The summed E-state index contributed by atoms with van der Waals surface area (Å²) in [6, 6.07) is 7.16. The summed E-state index contributed by atoms with van der Waals surface area (Å²) in [5.41, 5.74) is 0.427. The first-order valence-electron chi connectivity index (χ1n) is 7.15. The van der Waals surface area contributed by atoms with Crippen LogP contribution < -0.4 is 5.32 Å². The first-order valence-corrected chi connectivity index (χ1v) is 7.97. The van der Waals surface area contributed by atoms with E-state index in [1.54, 1.807) is 13.8 Å². The Morgan fingerprint density at radius 2 is 2.16 bits per heavy atom. The molecule has 25 heavy (non-hydrogen) atoms. The van der Waals surface area contributed by atoms with Gasteiger partial charge in [-0.3, -0.25) is 14.9 Å². The van der Waals surface area contributed by atoms with Crippen LogP contribution in [0, 0.1) is 28.4 Å². The number of anilines is 1. The third-order valence-corrected chi connectivity index (χ3v) is 4.45. The number of esters is 1. The lowest BCUT2D eigenvalue weighted by molar-refractivity contribution is -0.384. The lowest BCUT2D eigenvalue weighted by Crippen LogP contribution is -2.12. The van der Waals surface area contributed by atoms with Gasteiger partial charge in [0.2, 0.25) is 0 Å². The predicted molar refractivity (Wildman–Crippen MR) is 90.8 cm³/mol. The molecule has 0 aliphatic rings. The summed E-state index contributed by atoms with van der Waals surface area (Å²) in [7, 11) is 0. The Kier molecular flexibility index (Phi) is 5.46.